The van der Waals surface area contributed by atoms with Crippen LogP contribution in [0.15, 0.2) is 36.5 Å². The van der Waals surface area contributed by atoms with Crippen LogP contribution in [-0.2, 0) is 19.3 Å². The van der Waals surface area contributed by atoms with Crippen molar-refractivity contribution in [1.82, 2.24) is 9.38 Å². The van der Waals surface area contributed by atoms with Gasteiger partial charge in [-0.25, -0.2) is 4.98 Å². The van der Waals surface area contributed by atoms with Crippen LogP contribution >= 0.6 is 0 Å². The molecular formula is C21H20N2O. The first kappa shape index (κ1) is 14.8. The van der Waals surface area contributed by atoms with Crippen LogP contribution < -0.4 is 4.74 Å². The summed E-state index contributed by atoms with van der Waals surface area (Å²) in [5, 5.41) is 0. The van der Waals surface area contributed by atoms with Gasteiger partial charge in [0.05, 0.1) is 12.8 Å². The van der Waals surface area contributed by atoms with E-state index in [-0.39, 0.29) is 0 Å². The standard InChI is InChI=1S/C21H20N2O/c1-4-14-8-9-23-19(5-2)21(22-20(23)10-14)17-11-15-6-7-18(24-3)13-16(15)12-17/h1,6-10,13,17H,5,11-12H2,2-3H3. The third kappa shape index (κ3) is 2.27. The summed E-state index contributed by atoms with van der Waals surface area (Å²) in [7, 11) is 1.72. The molecule has 3 nitrogen and oxygen atoms in total. The zero-order valence-corrected chi connectivity index (χ0v) is 14.0. The second kappa shape index (κ2) is 5.72. The molecule has 120 valence electrons. The molecule has 0 radical (unpaired) electrons. The Kier molecular flexibility index (Phi) is 3.54. The summed E-state index contributed by atoms with van der Waals surface area (Å²) in [6.07, 6.45) is 10.6. The predicted octanol–water partition coefficient (Wildman–Crippen LogP) is 3.77. The Morgan fingerprint density at radius 3 is 2.83 bits per heavy atom. The fraction of sp³-hybridized carbons (Fsp3) is 0.286. The minimum Gasteiger partial charge on any atom is -0.497 e. The number of rotatable bonds is 3. The number of ether oxygens (including phenoxy) is 1. The quantitative estimate of drug-likeness (QED) is 0.688. The van der Waals surface area contributed by atoms with E-state index in [4.69, 9.17) is 16.1 Å². The minimum atomic E-state index is 0.427. The lowest BCUT2D eigenvalue weighted by atomic mass is 9.99. The lowest BCUT2D eigenvalue weighted by Gasteiger charge is -2.08. The van der Waals surface area contributed by atoms with Gasteiger partial charge in [-0.05, 0) is 54.7 Å². The first-order valence-corrected chi connectivity index (χ1v) is 8.36. The number of fused-ring (bicyclic) bond motifs is 2. The number of hydrogen-bond acceptors (Lipinski definition) is 2. The average molecular weight is 316 g/mol. The Labute approximate surface area is 142 Å². The van der Waals surface area contributed by atoms with Gasteiger partial charge in [-0.1, -0.05) is 18.9 Å². The van der Waals surface area contributed by atoms with E-state index in [0.29, 0.717) is 5.92 Å². The molecule has 1 unspecified atom stereocenters. The molecule has 0 saturated carbocycles. The second-order valence-electron chi connectivity index (χ2n) is 6.33. The molecule has 4 rings (SSSR count). The molecular weight excluding hydrogens is 296 g/mol. The highest BCUT2D eigenvalue weighted by atomic mass is 16.5. The Balaban J connectivity index is 1.76. The van der Waals surface area contributed by atoms with Crippen molar-refractivity contribution in [1.29, 1.82) is 0 Å². The zero-order chi connectivity index (χ0) is 16.7. The van der Waals surface area contributed by atoms with Crippen LogP contribution in [0, 0.1) is 12.3 Å². The van der Waals surface area contributed by atoms with Crippen LogP contribution in [-0.4, -0.2) is 16.5 Å². The third-order valence-corrected chi connectivity index (χ3v) is 4.99. The van der Waals surface area contributed by atoms with Crippen LogP contribution in [0.5, 0.6) is 5.75 Å². The van der Waals surface area contributed by atoms with Gasteiger partial charge in [0.25, 0.3) is 0 Å². The highest BCUT2D eigenvalue weighted by Crippen LogP contribution is 2.37. The molecule has 0 bridgehead atoms. The van der Waals surface area contributed by atoms with Crippen LogP contribution in [0.3, 0.4) is 0 Å². The second-order valence-corrected chi connectivity index (χ2v) is 6.33. The molecule has 2 heterocycles. The van der Waals surface area contributed by atoms with E-state index in [1.54, 1.807) is 7.11 Å². The van der Waals surface area contributed by atoms with Gasteiger partial charge in [0.1, 0.15) is 11.4 Å². The number of aromatic nitrogens is 2. The molecule has 0 saturated heterocycles. The first-order valence-electron chi connectivity index (χ1n) is 8.36. The van der Waals surface area contributed by atoms with E-state index in [1.807, 2.05) is 24.4 Å². The van der Waals surface area contributed by atoms with Crippen molar-refractivity contribution < 1.29 is 4.74 Å². The number of terminal acetylenes is 1. The molecule has 3 aromatic rings. The number of imidazole rings is 1. The maximum Gasteiger partial charge on any atom is 0.138 e. The van der Waals surface area contributed by atoms with Gasteiger partial charge >= 0.3 is 0 Å². The van der Waals surface area contributed by atoms with E-state index < -0.39 is 0 Å². The summed E-state index contributed by atoms with van der Waals surface area (Å²) < 4.78 is 7.54. The summed E-state index contributed by atoms with van der Waals surface area (Å²) in [6.45, 7) is 2.19. The van der Waals surface area contributed by atoms with Crippen LogP contribution in [0.25, 0.3) is 5.65 Å². The first-order chi connectivity index (χ1) is 11.7. The molecule has 1 aliphatic carbocycles. The van der Waals surface area contributed by atoms with Crippen molar-refractivity contribution in [3.63, 3.8) is 0 Å². The van der Waals surface area contributed by atoms with E-state index in [1.165, 1.54) is 22.5 Å². The van der Waals surface area contributed by atoms with Gasteiger partial charge in [0.15, 0.2) is 0 Å². The summed E-state index contributed by atoms with van der Waals surface area (Å²) >= 11 is 0. The van der Waals surface area contributed by atoms with Gasteiger partial charge in [-0.15, -0.1) is 6.42 Å². The summed E-state index contributed by atoms with van der Waals surface area (Å²) in [5.74, 6) is 4.05. The van der Waals surface area contributed by atoms with Crippen molar-refractivity contribution in [3.05, 3.63) is 64.6 Å². The smallest absolute Gasteiger partial charge is 0.138 e. The molecule has 0 aliphatic heterocycles. The monoisotopic (exact) mass is 316 g/mol. The van der Waals surface area contributed by atoms with Gasteiger partial charge in [-0.3, -0.25) is 0 Å². The Bertz CT molecular complexity index is 962. The number of pyridine rings is 1. The van der Waals surface area contributed by atoms with Crippen molar-refractivity contribution in [3.8, 4) is 18.1 Å². The number of methoxy groups -OCH3 is 1. The average Bonchev–Trinajstić information content (AvgIpc) is 3.20. The number of aryl methyl sites for hydroxylation is 1. The highest BCUT2D eigenvalue weighted by molar-refractivity contribution is 5.51. The number of nitrogens with zero attached hydrogens (tertiary/aromatic N) is 2. The fourth-order valence-electron chi connectivity index (χ4n) is 3.80. The molecule has 0 N–H and O–H groups in total. The molecule has 2 aromatic heterocycles. The van der Waals surface area contributed by atoms with Crippen LogP contribution in [0.1, 0.15) is 40.9 Å². The van der Waals surface area contributed by atoms with Crippen LogP contribution in [0.4, 0.5) is 0 Å². The van der Waals surface area contributed by atoms with Crippen molar-refractivity contribution in [2.45, 2.75) is 32.1 Å². The Morgan fingerprint density at radius 2 is 2.08 bits per heavy atom. The topological polar surface area (TPSA) is 26.5 Å². The molecule has 1 aromatic carbocycles. The highest BCUT2D eigenvalue weighted by Gasteiger charge is 2.27. The Hall–Kier alpha value is -2.73. The number of benzene rings is 1. The summed E-state index contributed by atoms with van der Waals surface area (Å²) in [4.78, 5) is 4.94. The van der Waals surface area contributed by atoms with E-state index in [9.17, 15) is 0 Å². The van der Waals surface area contributed by atoms with E-state index in [0.717, 1.165) is 36.2 Å². The summed E-state index contributed by atoms with van der Waals surface area (Å²) in [6, 6.07) is 10.4. The molecule has 0 fully saturated rings. The summed E-state index contributed by atoms with van der Waals surface area (Å²) in [5.41, 5.74) is 7.11. The van der Waals surface area contributed by atoms with Gasteiger partial charge < -0.3 is 9.14 Å². The SMILES string of the molecule is C#Cc1ccn2c(CC)c(C3Cc4ccc(OC)cc4C3)nc2c1. The molecule has 0 amide bonds. The fourth-order valence-corrected chi connectivity index (χ4v) is 3.80. The minimum absolute atomic E-state index is 0.427. The molecule has 1 aliphatic rings. The largest absolute Gasteiger partial charge is 0.497 e. The maximum absolute atomic E-state index is 5.53. The van der Waals surface area contributed by atoms with Gasteiger partial charge in [-0.2, -0.15) is 0 Å². The molecule has 0 spiro atoms. The molecule has 3 heteroatoms. The van der Waals surface area contributed by atoms with E-state index in [2.05, 4.69) is 29.4 Å². The number of hydrogen-bond donors (Lipinski definition) is 0. The zero-order valence-electron chi connectivity index (χ0n) is 14.0. The van der Waals surface area contributed by atoms with Crippen LogP contribution in [0.2, 0.25) is 0 Å². The van der Waals surface area contributed by atoms with Gasteiger partial charge in [0.2, 0.25) is 0 Å². The lowest BCUT2D eigenvalue weighted by Crippen LogP contribution is -2.03. The van der Waals surface area contributed by atoms with Crippen molar-refractivity contribution in [2.75, 3.05) is 7.11 Å². The van der Waals surface area contributed by atoms with Crippen molar-refractivity contribution in [2.24, 2.45) is 0 Å². The normalized spacial score (nSPS) is 16.1. The van der Waals surface area contributed by atoms with Gasteiger partial charge in [0, 0.05) is 23.4 Å². The maximum atomic E-state index is 5.53. The van der Waals surface area contributed by atoms with Crippen molar-refractivity contribution >= 4 is 5.65 Å². The molecule has 1 atom stereocenters. The van der Waals surface area contributed by atoms with E-state index >= 15 is 0 Å². The lowest BCUT2D eigenvalue weighted by molar-refractivity contribution is 0.414. The predicted molar refractivity (Wildman–Crippen MR) is 95.6 cm³/mol. The third-order valence-electron chi connectivity index (χ3n) is 4.99. The Morgan fingerprint density at radius 1 is 1.25 bits per heavy atom. The molecule has 24 heavy (non-hydrogen) atoms.